The molecule has 0 aliphatic carbocycles. The Morgan fingerprint density at radius 1 is 1.03 bits per heavy atom. The Hall–Kier alpha value is -2.53. The molecule has 0 aromatic heterocycles. The highest BCUT2D eigenvalue weighted by Crippen LogP contribution is 2.41. The second kappa shape index (κ2) is 7.38. The summed E-state index contributed by atoms with van der Waals surface area (Å²) in [7, 11) is 0. The van der Waals surface area contributed by atoms with E-state index in [4.69, 9.17) is 11.6 Å². The summed E-state index contributed by atoms with van der Waals surface area (Å²) in [4.78, 5) is 31.7. The molecule has 0 saturated carbocycles. The Morgan fingerprint density at radius 2 is 1.72 bits per heavy atom. The number of hydrogen-bond acceptors (Lipinski definition) is 3. The molecule has 0 unspecified atom stereocenters. The summed E-state index contributed by atoms with van der Waals surface area (Å²) in [6, 6.07) is 13.7. The lowest BCUT2D eigenvalue weighted by atomic mass is 9.86. The van der Waals surface area contributed by atoms with Crippen molar-refractivity contribution in [1.82, 2.24) is 4.90 Å². The van der Waals surface area contributed by atoms with Crippen LogP contribution in [-0.2, 0) is 15.0 Å². The minimum atomic E-state index is -0.598. The largest absolute Gasteiger partial charge is 0.368 e. The zero-order chi connectivity index (χ0) is 20.8. The first kappa shape index (κ1) is 19.8. The molecule has 1 saturated heterocycles. The van der Waals surface area contributed by atoms with Crippen molar-refractivity contribution in [1.29, 1.82) is 0 Å². The van der Waals surface area contributed by atoms with Crippen LogP contribution >= 0.6 is 11.6 Å². The van der Waals surface area contributed by atoms with E-state index in [1.165, 1.54) is 5.56 Å². The van der Waals surface area contributed by atoms with Crippen molar-refractivity contribution in [2.45, 2.75) is 26.2 Å². The highest BCUT2D eigenvalue weighted by Gasteiger charge is 2.44. The fourth-order valence-corrected chi connectivity index (χ4v) is 4.48. The molecule has 0 bridgehead atoms. The molecule has 2 aliphatic heterocycles. The Morgan fingerprint density at radius 3 is 2.45 bits per heavy atom. The van der Waals surface area contributed by atoms with E-state index in [0.29, 0.717) is 13.1 Å². The molecule has 0 spiro atoms. The molecule has 152 valence electrons. The maximum Gasteiger partial charge on any atom is 0.242 e. The predicted octanol–water partition coefficient (Wildman–Crippen LogP) is 3.62. The van der Waals surface area contributed by atoms with Gasteiger partial charge in [0, 0.05) is 42.6 Å². The number of fused-ring (bicyclic) bond motifs is 1. The second-order valence-corrected chi connectivity index (χ2v) is 8.77. The smallest absolute Gasteiger partial charge is 0.242 e. The van der Waals surface area contributed by atoms with E-state index in [1.54, 1.807) is 4.90 Å². The van der Waals surface area contributed by atoms with Gasteiger partial charge in [-0.2, -0.15) is 0 Å². The topological polar surface area (TPSA) is 43.9 Å². The molecule has 2 aromatic carbocycles. The van der Waals surface area contributed by atoms with Crippen molar-refractivity contribution in [3.8, 4) is 0 Å². The minimum Gasteiger partial charge on any atom is -0.368 e. The van der Waals surface area contributed by atoms with Gasteiger partial charge in [0.05, 0.1) is 5.41 Å². The number of halogens is 1. The molecule has 1 fully saturated rings. The SMILES string of the molecule is Cc1ccc(Cl)cc1N1CCN(C(=O)CN2C(=O)C(C)(C)c3ccccc32)CC1. The number of amides is 2. The minimum absolute atomic E-state index is 0.00619. The van der Waals surface area contributed by atoms with Crippen LogP contribution in [0.25, 0.3) is 0 Å². The lowest BCUT2D eigenvalue weighted by Gasteiger charge is -2.37. The number of benzene rings is 2. The van der Waals surface area contributed by atoms with Crippen LogP contribution in [0, 0.1) is 6.92 Å². The van der Waals surface area contributed by atoms with Crippen molar-refractivity contribution in [2.24, 2.45) is 0 Å². The van der Waals surface area contributed by atoms with Gasteiger partial charge in [0.25, 0.3) is 0 Å². The molecule has 29 heavy (non-hydrogen) atoms. The van der Waals surface area contributed by atoms with Gasteiger partial charge in [-0.25, -0.2) is 0 Å². The van der Waals surface area contributed by atoms with Crippen molar-refractivity contribution in [3.05, 3.63) is 58.6 Å². The monoisotopic (exact) mass is 411 g/mol. The fraction of sp³-hybridized carbons (Fsp3) is 0.391. The first-order valence-electron chi connectivity index (χ1n) is 9.99. The predicted molar refractivity (Wildman–Crippen MR) is 117 cm³/mol. The zero-order valence-electron chi connectivity index (χ0n) is 17.1. The summed E-state index contributed by atoms with van der Waals surface area (Å²) in [6.45, 7) is 8.79. The Kier molecular flexibility index (Phi) is 5.03. The first-order valence-corrected chi connectivity index (χ1v) is 10.4. The number of aryl methyl sites for hydroxylation is 1. The van der Waals surface area contributed by atoms with E-state index in [-0.39, 0.29) is 18.4 Å². The summed E-state index contributed by atoms with van der Waals surface area (Å²) < 4.78 is 0. The molecule has 2 heterocycles. The Bertz CT molecular complexity index is 964. The number of nitrogens with zero attached hydrogens (tertiary/aromatic N) is 3. The van der Waals surface area contributed by atoms with Crippen LogP contribution in [0.2, 0.25) is 5.02 Å². The summed E-state index contributed by atoms with van der Waals surface area (Å²) in [5.74, 6) is -0.0199. The number of para-hydroxylation sites is 1. The molecule has 2 aromatic rings. The van der Waals surface area contributed by atoms with E-state index in [2.05, 4.69) is 11.8 Å². The maximum absolute atomic E-state index is 13.0. The zero-order valence-corrected chi connectivity index (χ0v) is 17.9. The van der Waals surface area contributed by atoms with Crippen LogP contribution in [0.5, 0.6) is 0 Å². The van der Waals surface area contributed by atoms with E-state index in [9.17, 15) is 9.59 Å². The Labute approximate surface area is 176 Å². The summed E-state index contributed by atoms with van der Waals surface area (Å²) >= 11 is 6.16. The average Bonchev–Trinajstić information content (AvgIpc) is 2.91. The van der Waals surface area contributed by atoms with Crippen molar-refractivity contribution >= 4 is 34.8 Å². The summed E-state index contributed by atoms with van der Waals surface area (Å²) in [5, 5.41) is 0.720. The number of rotatable bonds is 3. The van der Waals surface area contributed by atoms with Gasteiger partial charge in [0.1, 0.15) is 6.54 Å². The van der Waals surface area contributed by atoms with E-state index in [1.807, 2.05) is 61.2 Å². The van der Waals surface area contributed by atoms with Gasteiger partial charge in [0.15, 0.2) is 0 Å². The highest BCUT2D eigenvalue weighted by atomic mass is 35.5. The number of carbonyl (C=O) groups excluding carboxylic acids is 2. The third-order valence-electron chi connectivity index (χ3n) is 6.09. The average molecular weight is 412 g/mol. The van der Waals surface area contributed by atoms with Gasteiger partial charge in [-0.15, -0.1) is 0 Å². The maximum atomic E-state index is 13.0. The summed E-state index contributed by atoms with van der Waals surface area (Å²) in [6.07, 6.45) is 0. The molecule has 2 amide bonds. The molecule has 6 heteroatoms. The third-order valence-corrected chi connectivity index (χ3v) is 6.32. The van der Waals surface area contributed by atoms with Crippen LogP contribution in [0.4, 0.5) is 11.4 Å². The lowest BCUT2D eigenvalue weighted by molar-refractivity contribution is -0.132. The number of piperazine rings is 1. The first-order chi connectivity index (χ1) is 13.8. The van der Waals surface area contributed by atoms with Crippen LogP contribution in [0.15, 0.2) is 42.5 Å². The quantitative estimate of drug-likeness (QED) is 0.774. The third kappa shape index (κ3) is 3.48. The molecule has 4 rings (SSSR count). The number of hydrogen-bond donors (Lipinski definition) is 0. The van der Waals surface area contributed by atoms with Crippen molar-refractivity contribution in [2.75, 3.05) is 42.5 Å². The molecular formula is C23H26ClN3O2. The molecule has 0 atom stereocenters. The van der Waals surface area contributed by atoms with Crippen molar-refractivity contribution in [3.63, 3.8) is 0 Å². The van der Waals surface area contributed by atoms with E-state index < -0.39 is 5.41 Å². The van der Waals surface area contributed by atoms with Gasteiger partial charge < -0.3 is 14.7 Å². The molecular weight excluding hydrogens is 386 g/mol. The van der Waals surface area contributed by atoms with Crippen LogP contribution in [0.1, 0.15) is 25.0 Å². The number of carbonyl (C=O) groups is 2. The van der Waals surface area contributed by atoms with Gasteiger partial charge >= 0.3 is 0 Å². The van der Waals surface area contributed by atoms with Gasteiger partial charge in [0.2, 0.25) is 11.8 Å². The lowest BCUT2D eigenvalue weighted by Crippen LogP contribution is -2.52. The highest BCUT2D eigenvalue weighted by molar-refractivity contribution is 6.30. The van der Waals surface area contributed by atoms with Gasteiger partial charge in [-0.3, -0.25) is 9.59 Å². The second-order valence-electron chi connectivity index (χ2n) is 8.33. The standard InChI is InChI=1S/C23H26ClN3O2/c1-16-8-9-17(24)14-20(16)25-10-12-26(13-11-25)21(28)15-27-19-7-5-4-6-18(19)23(2,3)22(27)29/h4-9,14H,10-13,15H2,1-3H3. The van der Waals surface area contributed by atoms with E-state index in [0.717, 1.165) is 35.1 Å². The van der Waals surface area contributed by atoms with Crippen LogP contribution in [0.3, 0.4) is 0 Å². The van der Waals surface area contributed by atoms with Gasteiger partial charge in [-0.05, 0) is 50.1 Å². The molecule has 0 N–H and O–H groups in total. The normalized spacial score (nSPS) is 18.2. The van der Waals surface area contributed by atoms with Crippen LogP contribution in [-0.4, -0.2) is 49.4 Å². The van der Waals surface area contributed by atoms with E-state index >= 15 is 0 Å². The van der Waals surface area contributed by atoms with Crippen molar-refractivity contribution < 1.29 is 9.59 Å². The van der Waals surface area contributed by atoms with Crippen LogP contribution < -0.4 is 9.80 Å². The Balaban J connectivity index is 1.43. The molecule has 5 nitrogen and oxygen atoms in total. The van der Waals surface area contributed by atoms with Gasteiger partial charge in [-0.1, -0.05) is 35.9 Å². The summed E-state index contributed by atoms with van der Waals surface area (Å²) in [5.41, 5.74) is 3.54. The molecule has 2 aliphatic rings. The number of anilines is 2. The fourth-order valence-electron chi connectivity index (χ4n) is 4.31. The molecule has 0 radical (unpaired) electrons.